The Kier molecular flexibility index (Phi) is 3.01. The highest BCUT2D eigenvalue weighted by Gasteiger charge is 2.24. The van der Waals surface area contributed by atoms with Gasteiger partial charge in [0.05, 0.1) is 0 Å². The Labute approximate surface area is 31.5 Å². The van der Waals surface area contributed by atoms with Gasteiger partial charge in [0.25, 0.3) is 0 Å². The quantitative estimate of drug-likeness (QED) is 0.467. The predicted octanol–water partition coefficient (Wildman–Crippen LogP) is 1.64. The Bertz CT molecular complexity index is 23.0. The SMILES string of the molecule is FC(F)(F)F.N. The first-order valence-corrected chi connectivity index (χ1v) is 0.756. The number of hydrogen-bond acceptors (Lipinski definition) is 1. The van der Waals surface area contributed by atoms with E-state index in [-0.39, 0.29) is 6.15 Å². The fraction of sp³-hybridized carbons (Fsp3) is 1.00. The Morgan fingerprint density at radius 1 is 0.833 bits per heavy atom. The molecule has 0 rings (SSSR count). The zero-order valence-electron chi connectivity index (χ0n) is 2.72. The van der Waals surface area contributed by atoms with Gasteiger partial charge < -0.3 is 6.15 Å². The lowest BCUT2D eigenvalue weighted by Crippen LogP contribution is -1.92. The van der Waals surface area contributed by atoms with Crippen LogP contribution in [0.1, 0.15) is 0 Å². The molecule has 0 fully saturated rings. The molecular weight excluding hydrogens is 102 g/mol. The third-order valence-corrected chi connectivity index (χ3v) is 0. The fourth-order valence-electron chi connectivity index (χ4n) is 0. The highest BCUT2D eigenvalue weighted by atomic mass is 19.5. The molecule has 0 amide bonds. The summed E-state index contributed by atoms with van der Waals surface area (Å²) in [5.41, 5.74) is 0. The average Bonchev–Trinajstić information content (AvgIpc) is 0.722. The van der Waals surface area contributed by atoms with E-state index < -0.39 is 6.43 Å². The van der Waals surface area contributed by atoms with Crippen LogP contribution in [-0.2, 0) is 0 Å². The van der Waals surface area contributed by atoms with Crippen molar-refractivity contribution < 1.29 is 17.6 Å². The van der Waals surface area contributed by atoms with E-state index in [1.807, 2.05) is 0 Å². The van der Waals surface area contributed by atoms with Gasteiger partial charge in [0.1, 0.15) is 0 Å². The van der Waals surface area contributed by atoms with Gasteiger partial charge in [-0.25, -0.2) is 0 Å². The van der Waals surface area contributed by atoms with Gasteiger partial charge in [0.2, 0.25) is 0 Å². The van der Waals surface area contributed by atoms with E-state index in [1.54, 1.807) is 0 Å². The number of rotatable bonds is 0. The molecule has 1 nitrogen and oxygen atoms in total. The molecule has 0 aromatic rings. The molecule has 0 aromatic carbocycles. The molecule has 0 heterocycles. The Morgan fingerprint density at radius 2 is 0.833 bits per heavy atom. The maximum absolute atomic E-state index is 9.69. The minimum Gasteiger partial charge on any atom is -0.344 e. The summed E-state index contributed by atoms with van der Waals surface area (Å²) in [5.74, 6) is 0. The van der Waals surface area contributed by atoms with E-state index in [1.165, 1.54) is 0 Å². The minimum absolute atomic E-state index is 0. The summed E-state index contributed by atoms with van der Waals surface area (Å²) in [5, 5.41) is 0. The van der Waals surface area contributed by atoms with Gasteiger partial charge in [0.15, 0.2) is 0 Å². The van der Waals surface area contributed by atoms with E-state index in [0.29, 0.717) is 0 Å². The van der Waals surface area contributed by atoms with Gasteiger partial charge in [-0.15, -0.1) is 17.6 Å². The van der Waals surface area contributed by atoms with Gasteiger partial charge in [-0.1, -0.05) is 0 Å². The van der Waals surface area contributed by atoms with E-state index >= 15 is 0 Å². The monoisotopic (exact) mass is 105 g/mol. The fourth-order valence-corrected chi connectivity index (χ4v) is 0. The molecule has 0 bridgehead atoms. The maximum atomic E-state index is 9.69. The summed E-state index contributed by atoms with van der Waals surface area (Å²) < 4.78 is 38.8. The Balaban J connectivity index is 0. The van der Waals surface area contributed by atoms with Crippen molar-refractivity contribution in [1.29, 1.82) is 0 Å². The molecule has 0 unspecified atom stereocenters. The first kappa shape index (κ1) is 9.19. The van der Waals surface area contributed by atoms with Crippen molar-refractivity contribution in [3.05, 3.63) is 0 Å². The molecule has 0 aromatic heterocycles. The third-order valence-electron chi connectivity index (χ3n) is 0. The second-order valence-electron chi connectivity index (χ2n) is 0.429. The highest BCUT2D eigenvalue weighted by molar-refractivity contribution is 4.08. The molecule has 0 aliphatic carbocycles. The van der Waals surface area contributed by atoms with Crippen LogP contribution in [0.15, 0.2) is 0 Å². The number of halogens is 4. The largest absolute Gasteiger partial charge is 0.559 e. The maximum Gasteiger partial charge on any atom is 0.559 e. The Hall–Kier alpha value is -0.320. The molecule has 0 radical (unpaired) electrons. The van der Waals surface area contributed by atoms with E-state index in [0.717, 1.165) is 0 Å². The molecule has 0 aliphatic rings. The normalized spacial score (nSPS) is 10.0. The Morgan fingerprint density at radius 3 is 0.833 bits per heavy atom. The van der Waals surface area contributed by atoms with Crippen molar-refractivity contribution in [2.75, 3.05) is 0 Å². The first-order chi connectivity index (χ1) is 2.00. The molecular formula is CH3F4N. The zero-order valence-corrected chi connectivity index (χ0v) is 2.72. The summed E-state index contributed by atoms with van der Waals surface area (Å²) in [6.45, 7) is 0. The number of alkyl halides is 4. The van der Waals surface area contributed by atoms with Crippen LogP contribution in [0, 0.1) is 0 Å². The highest BCUT2D eigenvalue weighted by Crippen LogP contribution is 2.13. The van der Waals surface area contributed by atoms with Crippen molar-refractivity contribution in [1.82, 2.24) is 6.15 Å². The molecule has 0 saturated carbocycles. The van der Waals surface area contributed by atoms with Crippen molar-refractivity contribution in [3.8, 4) is 0 Å². The minimum atomic E-state index is -5.50. The van der Waals surface area contributed by atoms with Gasteiger partial charge >= 0.3 is 6.43 Å². The lowest BCUT2D eigenvalue weighted by Gasteiger charge is -1.82. The smallest absolute Gasteiger partial charge is 0.344 e. The summed E-state index contributed by atoms with van der Waals surface area (Å²) in [6, 6.07) is 0. The lowest BCUT2D eigenvalue weighted by molar-refractivity contribution is -0.237. The van der Waals surface area contributed by atoms with Crippen LogP contribution < -0.4 is 6.15 Å². The van der Waals surface area contributed by atoms with Crippen LogP contribution in [0.25, 0.3) is 0 Å². The van der Waals surface area contributed by atoms with Crippen molar-refractivity contribution in [2.24, 2.45) is 0 Å². The van der Waals surface area contributed by atoms with E-state index in [9.17, 15) is 17.6 Å². The van der Waals surface area contributed by atoms with Crippen molar-refractivity contribution >= 4 is 0 Å². The topological polar surface area (TPSA) is 35.0 Å². The van der Waals surface area contributed by atoms with Crippen LogP contribution in [0.3, 0.4) is 0 Å². The molecule has 40 valence electrons. The van der Waals surface area contributed by atoms with Gasteiger partial charge in [-0.3, -0.25) is 0 Å². The van der Waals surface area contributed by atoms with Crippen LogP contribution in [0.2, 0.25) is 0 Å². The van der Waals surface area contributed by atoms with E-state index in [2.05, 4.69) is 0 Å². The van der Waals surface area contributed by atoms with Crippen molar-refractivity contribution in [3.63, 3.8) is 0 Å². The van der Waals surface area contributed by atoms with Crippen molar-refractivity contribution in [2.45, 2.75) is 6.43 Å². The summed E-state index contributed by atoms with van der Waals surface area (Å²) in [4.78, 5) is 0. The molecule has 6 heavy (non-hydrogen) atoms. The first-order valence-electron chi connectivity index (χ1n) is 0.756. The summed E-state index contributed by atoms with van der Waals surface area (Å²) in [7, 11) is 0. The second kappa shape index (κ2) is 1.96. The van der Waals surface area contributed by atoms with Crippen LogP contribution in [0.5, 0.6) is 0 Å². The standard InChI is InChI=1S/CF4.H3N/c2-1(3,4)5;/h;1H3. The summed E-state index contributed by atoms with van der Waals surface area (Å²) in [6.07, 6.45) is -5.50. The predicted molar refractivity (Wildman–Crippen MR) is 12.2 cm³/mol. The lowest BCUT2D eigenvalue weighted by atomic mass is 11.5. The van der Waals surface area contributed by atoms with Gasteiger partial charge in [0, 0.05) is 0 Å². The molecule has 0 saturated heterocycles. The molecule has 0 aliphatic heterocycles. The van der Waals surface area contributed by atoms with Gasteiger partial charge in [-0.05, 0) is 0 Å². The molecule has 5 heteroatoms. The molecule has 0 spiro atoms. The third kappa shape index (κ3) is 258. The average molecular weight is 105 g/mol. The van der Waals surface area contributed by atoms with E-state index in [4.69, 9.17) is 0 Å². The van der Waals surface area contributed by atoms with Crippen LogP contribution >= 0.6 is 0 Å². The van der Waals surface area contributed by atoms with Crippen LogP contribution in [0.4, 0.5) is 17.6 Å². The second-order valence-corrected chi connectivity index (χ2v) is 0.429. The van der Waals surface area contributed by atoms with Gasteiger partial charge in [-0.2, -0.15) is 0 Å². The summed E-state index contributed by atoms with van der Waals surface area (Å²) >= 11 is 0. The van der Waals surface area contributed by atoms with Crippen LogP contribution in [-0.4, -0.2) is 6.43 Å². The molecule has 0 atom stereocenters. The molecule has 3 N–H and O–H groups in total. The zero-order chi connectivity index (χ0) is 4.50. The number of hydrogen-bond donors (Lipinski definition) is 1.